The summed E-state index contributed by atoms with van der Waals surface area (Å²) in [6.45, 7) is 0.774. The van der Waals surface area contributed by atoms with Crippen molar-refractivity contribution in [3.05, 3.63) is 53.9 Å². The van der Waals surface area contributed by atoms with Crippen LogP contribution in [0.25, 0.3) is 0 Å². The molecule has 0 aliphatic rings. The lowest BCUT2D eigenvalue weighted by molar-refractivity contribution is 0.0955. The molecule has 0 fully saturated rings. The number of carbonyl (C=O) groups excluding carboxylic acids is 1. The summed E-state index contributed by atoms with van der Waals surface area (Å²) in [5.74, 6) is -0.335. The Labute approximate surface area is 160 Å². The van der Waals surface area contributed by atoms with Gasteiger partial charge in [0.15, 0.2) is 0 Å². The highest BCUT2D eigenvalue weighted by Crippen LogP contribution is 2.19. The zero-order valence-corrected chi connectivity index (χ0v) is 16.5. The molecule has 0 bridgehead atoms. The lowest BCUT2D eigenvalue weighted by Gasteiger charge is -2.21. The topological polar surface area (TPSA) is 97.4 Å². The summed E-state index contributed by atoms with van der Waals surface area (Å²) in [7, 11) is -0.580. The number of hydrogen-bond donors (Lipinski definition) is 2. The fourth-order valence-corrected chi connectivity index (χ4v) is 4.10. The summed E-state index contributed by atoms with van der Waals surface area (Å²) in [5, 5.41) is 2.50. The second-order valence-electron chi connectivity index (χ2n) is 5.68. The van der Waals surface area contributed by atoms with E-state index in [1.54, 1.807) is 7.05 Å². The lowest BCUT2D eigenvalue weighted by atomic mass is 10.1. The summed E-state index contributed by atoms with van der Waals surface area (Å²) in [5.41, 5.74) is 6.95. The highest BCUT2D eigenvalue weighted by molar-refractivity contribution is 7.89. The number of aromatic nitrogens is 1. The molecule has 3 N–H and O–H groups in total. The molecule has 0 saturated heterocycles. The van der Waals surface area contributed by atoms with Crippen LogP contribution in [-0.2, 0) is 23.5 Å². The predicted molar refractivity (Wildman–Crippen MR) is 104 cm³/mol. The standard InChI is InChI=1S/C17H24N4O3S.ClH/c1-19-17(22)16-12-15(13-20(16)2)25(23,24)21(11-9-18)10-8-14-6-4-3-5-7-14;/h3-7,12-13H,8-11,18H2,1-2H3,(H,19,22);1H. The van der Waals surface area contributed by atoms with Crippen molar-refractivity contribution >= 4 is 28.3 Å². The molecule has 1 amide bonds. The van der Waals surface area contributed by atoms with E-state index in [-0.39, 0.29) is 42.0 Å². The SMILES string of the molecule is CNC(=O)c1cc(S(=O)(=O)N(CCN)CCc2ccccc2)cn1C.Cl. The highest BCUT2D eigenvalue weighted by atomic mass is 35.5. The molecule has 26 heavy (non-hydrogen) atoms. The summed E-state index contributed by atoms with van der Waals surface area (Å²) < 4.78 is 28.8. The van der Waals surface area contributed by atoms with E-state index in [4.69, 9.17) is 5.73 Å². The van der Waals surface area contributed by atoms with Gasteiger partial charge in [-0.1, -0.05) is 30.3 Å². The van der Waals surface area contributed by atoms with Crippen molar-refractivity contribution in [3.63, 3.8) is 0 Å². The Morgan fingerprint density at radius 3 is 2.46 bits per heavy atom. The monoisotopic (exact) mass is 400 g/mol. The lowest BCUT2D eigenvalue weighted by Crippen LogP contribution is -2.36. The zero-order chi connectivity index (χ0) is 18.4. The summed E-state index contributed by atoms with van der Waals surface area (Å²) in [6.07, 6.45) is 2.04. The number of nitrogens with zero attached hydrogens (tertiary/aromatic N) is 2. The van der Waals surface area contributed by atoms with Crippen LogP contribution in [0, 0.1) is 0 Å². The van der Waals surface area contributed by atoms with Gasteiger partial charge in [-0.15, -0.1) is 12.4 Å². The van der Waals surface area contributed by atoms with Gasteiger partial charge in [-0.25, -0.2) is 8.42 Å². The molecule has 1 heterocycles. The average Bonchev–Trinajstić information content (AvgIpc) is 3.01. The molecule has 9 heteroatoms. The van der Waals surface area contributed by atoms with Gasteiger partial charge in [0.1, 0.15) is 10.6 Å². The van der Waals surface area contributed by atoms with Crippen LogP contribution in [0.15, 0.2) is 47.5 Å². The van der Waals surface area contributed by atoms with Crippen LogP contribution in [0.1, 0.15) is 16.1 Å². The van der Waals surface area contributed by atoms with Crippen LogP contribution in [-0.4, -0.2) is 49.9 Å². The Kier molecular flexibility index (Phi) is 8.29. The number of benzene rings is 1. The van der Waals surface area contributed by atoms with Crippen LogP contribution in [0.4, 0.5) is 0 Å². The fourth-order valence-electron chi connectivity index (χ4n) is 2.57. The maximum atomic E-state index is 12.9. The van der Waals surface area contributed by atoms with Crippen molar-refractivity contribution in [1.82, 2.24) is 14.2 Å². The molecule has 0 saturated carbocycles. The van der Waals surface area contributed by atoms with Gasteiger partial charge >= 0.3 is 0 Å². The van der Waals surface area contributed by atoms with Crippen LogP contribution in [0.2, 0.25) is 0 Å². The smallest absolute Gasteiger partial charge is 0.267 e. The maximum Gasteiger partial charge on any atom is 0.267 e. The highest BCUT2D eigenvalue weighted by Gasteiger charge is 2.26. The normalized spacial score (nSPS) is 11.2. The molecule has 2 aromatic rings. The first-order chi connectivity index (χ1) is 11.9. The van der Waals surface area contributed by atoms with E-state index < -0.39 is 10.0 Å². The van der Waals surface area contributed by atoms with Crippen LogP contribution < -0.4 is 11.1 Å². The molecule has 1 aromatic heterocycles. The molecule has 0 aliphatic carbocycles. The van der Waals surface area contributed by atoms with Crippen LogP contribution in [0.3, 0.4) is 0 Å². The number of amides is 1. The summed E-state index contributed by atoms with van der Waals surface area (Å²) in [6, 6.07) is 11.1. The molecule has 0 atom stereocenters. The first-order valence-electron chi connectivity index (χ1n) is 8.02. The number of nitrogens with two attached hydrogens (primary N) is 1. The molecule has 0 spiro atoms. The average molecular weight is 401 g/mol. The predicted octanol–water partition coefficient (Wildman–Crippen LogP) is 0.999. The van der Waals surface area contributed by atoms with E-state index in [1.165, 1.54) is 28.2 Å². The Bertz CT molecular complexity index is 822. The molecule has 1 aromatic carbocycles. The van der Waals surface area contributed by atoms with Gasteiger partial charge in [-0.2, -0.15) is 4.31 Å². The van der Waals surface area contributed by atoms with Gasteiger partial charge in [0, 0.05) is 39.9 Å². The zero-order valence-electron chi connectivity index (χ0n) is 14.9. The number of carbonyl (C=O) groups is 1. The minimum absolute atomic E-state index is 0. The first kappa shape index (κ1) is 22.2. The molecule has 2 rings (SSSR count). The van der Waals surface area contributed by atoms with Gasteiger partial charge in [0.2, 0.25) is 10.0 Å². The number of aryl methyl sites for hydroxylation is 1. The molecule has 144 valence electrons. The number of rotatable bonds is 8. The third-order valence-electron chi connectivity index (χ3n) is 3.95. The van der Waals surface area contributed by atoms with Crippen molar-refractivity contribution in [2.24, 2.45) is 12.8 Å². The van der Waals surface area contributed by atoms with E-state index in [2.05, 4.69) is 5.32 Å². The van der Waals surface area contributed by atoms with Gasteiger partial charge < -0.3 is 15.6 Å². The van der Waals surface area contributed by atoms with Gasteiger partial charge in [-0.3, -0.25) is 4.79 Å². The van der Waals surface area contributed by atoms with Crippen molar-refractivity contribution in [2.75, 3.05) is 26.7 Å². The number of halogens is 1. The largest absolute Gasteiger partial charge is 0.354 e. The minimum atomic E-state index is -3.72. The molecular formula is C17H25ClN4O3S. The number of hydrogen-bond acceptors (Lipinski definition) is 4. The van der Waals surface area contributed by atoms with Gasteiger partial charge in [-0.05, 0) is 18.1 Å². The van der Waals surface area contributed by atoms with Crippen molar-refractivity contribution in [1.29, 1.82) is 0 Å². The van der Waals surface area contributed by atoms with Crippen LogP contribution in [0.5, 0.6) is 0 Å². The molecule has 0 aliphatic heterocycles. The van der Waals surface area contributed by atoms with E-state index in [1.807, 2.05) is 30.3 Å². The second kappa shape index (κ2) is 9.72. The minimum Gasteiger partial charge on any atom is -0.354 e. The van der Waals surface area contributed by atoms with Crippen LogP contribution >= 0.6 is 12.4 Å². The quantitative estimate of drug-likeness (QED) is 0.690. The van der Waals surface area contributed by atoms with Gasteiger partial charge in [0.25, 0.3) is 5.91 Å². The van der Waals surface area contributed by atoms with Gasteiger partial charge in [0.05, 0.1) is 0 Å². The van der Waals surface area contributed by atoms with Crippen molar-refractivity contribution in [2.45, 2.75) is 11.3 Å². The van der Waals surface area contributed by atoms with E-state index in [0.29, 0.717) is 13.0 Å². The first-order valence-corrected chi connectivity index (χ1v) is 9.46. The molecule has 0 radical (unpaired) electrons. The third-order valence-corrected chi connectivity index (χ3v) is 5.81. The van der Waals surface area contributed by atoms with Crippen molar-refractivity contribution < 1.29 is 13.2 Å². The Hall–Kier alpha value is -1.87. The fraction of sp³-hybridized carbons (Fsp3) is 0.353. The number of sulfonamides is 1. The Morgan fingerprint density at radius 1 is 1.23 bits per heavy atom. The maximum absolute atomic E-state index is 12.9. The molecule has 0 unspecified atom stereocenters. The Morgan fingerprint density at radius 2 is 1.88 bits per heavy atom. The van der Waals surface area contributed by atoms with E-state index >= 15 is 0 Å². The molecular weight excluding hydrogens is 376 g/mol. The third kappa shape index (κ3) is 5.07. The van der Waals surface area contributed by atoms with Crippen molar-refractivity contribution in [3.8, 4) is 0 Å². The summed E-state index contributed by atoms with van der Waals surface area (Å²) >= 11 is 0. The number of nitrogens with one attached hydrogen (secondary N) is 1. The van der Waals surface area contributed by atoms with E-state index in [0.717, 1.165) is 5.56 Å². The Balaban J connectivity index is 0.00000338. The second-order valence-corrected chi connectivity index (χ2v) is 7.62. The van der Waals surface area contributed by atoms with E-state index in [9.17, 15) is 13.2 Å². The summed E-state index contributed by atoms with van der Waals surface area (Å²) in [4.78, 5) is 11.9. The molecule has 7 nitrogen and oxygen atoms in total.